The standard InChI is InChI=1S/3C5H5.2CHO.3Ni/c3*1-2-4-5-3-1;2*1-2;;;/h3*1-5H;2*1H;;;/q5*-1;;;. The summed E-state index contributed by atoms with van der Waals surface area (Å²) >= 11 is 0. The Morgan fingerprint density at radius 3 is 0.591 bits per heavy atom. The van der Waals surface area contributed by atoms with Gasteiger partial charge in [-0.2, -0.15) is 54.6 Å². The van der Waals surface area contributed by atoms with Gasteiger partial charge in [0, 0.05) is 49.5 Å². The second kappa shape index (κ2) is 36.8. The molecule has 0 aliphatic carbocycles. The van der Waals surface area contributed by atoms with E-state index < -0.39 is 0 Å². The van der Waals surface area contributed by atoms with Crippen molar-refractivity contribution in [3.05, 3.63) is 91.0 Å². The van der Waals surface area contributed by atoms with Gasteiger partial charge in [-0.25, -0.2) is 36.4 Å². The van der Waals surface area contributed by atoms with Crippen LogP contribution in [0.4, 0.5) is 0 Å². The van der Waals surface area contributed by atoms with Crippen LogP contribution in [0, 0.1) is 0 Å². The van der Waals surface area contributed by atoms with Crippen LogP contribution < -0.4 is 0 Å². The Morgan fingerprint density at radius 1 is 0.409 bits per heavy atom. The van der Waals surface area contributed by atoms with E-state index in [-0.39, 0.29) is 49.5 Å². The predicted molar refractivity (Wildman–Crippen MR) is 79.6 cm³/mol. The minimum atomic E-state index is 0. The molecule has 3 rings (SSSR count). The molecule has 0 saturated heterocycles. The Bertz CT molecular complexity index is 279. The van der Waals surface area contributed by atoms with Gasteiger partial charge in [0.2, 0.25) is 0 Å². The van der Waals surface area contributed by atoms with Crippen LogP contribution in [0.1, 0.15) is 0 Å². The van der Waals surface area contributed by atoms with Gasteiger partial charge in [-0.15, -0.1) is 0 Å². The molecule has 22 heavy (non-hydrogen) atoms. The van der Waals surface area contributed by atoms with E-state index in [2.05, 4.69) is 13.6 Å². The van der Waals surface area contributed by atoms with Gasteiger partial charge in [-0.05, 0) is 0 Å². The van der Waals surface area contributed by atoms with Crippen LogP contribution in [0.25, 0.3) is 0 Å². The third-order valence-electron chi connectivity index (χ3n) is 1.67. The van der Waals surface area contributed by atoms with Crippen molar-refractivity contribution in [3.63, 3.8) is 0 Å². The molecule has 132 valence electrons. The molecule has 0 unspecified atom stereocenters. The molecule has 3 aromatic rings. The molecule has 2 nitrogen and oxygen atoms in total. The van der Waals surface area contributed by atoms with Gasteiger partial charge >= 0.3 is 0 Å². The first-order valence-electron chi connectivity index (χ1n) is 5.47. The van der Waals surface area contributed by atoms with E-state index in [0.717, 1.165) is 0 Å². The van der Waals surface area contributed by atoms with Crippen molar-refractivity contribution in [2.75, 3.05) is 0 Å². The van der Waals surface area contributed by atoms with Crippen LogP contribution in [0.2, 0.25) is 0 Å². The van der Waals surface area contributed by atoms with Crippen LogP contribution >= 0.6 is 0 Å². The molecule has 0 atom stereocenters. The van der Waals surface area contributed by atoms with Gasteiger partial charge in [-0.1, -0.05) is 0 Å². The molecule has 0 bridgehead atoms. The zero-order valence-corrected chi connectivity index (χ0v) is 14.5. The van der Waals surface area contributed by atoms with Crippen molar-refractivity contribution < 1.29 is 59.1 Å². The van der Waals surface area contributed by atoms with E-state index >= 15 is 0 Å². The summed E-state index contributed by atoms with van der Waals surface area (Å²) in [5, 5.41) is 0. The minimum absolute atomic E-state index is 0. The monoisotopic (exact) mass is 427 g/mol. The summed E-state index contributed by atoms with van der Waals surface area (Å²) in [7, 11) is 0. The first kappa shape index (κ1) is 32.7. The van der Waals surface area contributed by atoms with Gasteiger partial charge < -0.3 is 9.59 Å². The van der Waals surface area contributed by atoms with E-state index in [4.69, 9.17) is 9.59 Å². The topological polar surface area (TPSA) is 34.1 Å². The van der Waals surface area contributed by atoms with E-state index in [1.54, 1.807) is 0 Å². The molecule has 3 aromatic carbocycles. The summed E-state index contributed by atoms with van der Waals surface area (Å²) in [5.41, 5.74) is 0. The Hall–Kier alpha value is -1.13. The van der Waals surface area contributed by atoms with Crippen molar-refractivity contribution in [3.8, 4) is 0 Å². The summed E-state index contributed by atoms with van der Waals surface area (Å²) < 4.78 is 0. The fourth-order valence-corrected chi connectivity index (χ4v) is 0.962. The number of rotatable bonds is 0. The molecule has 0 spiro atoms. The second-order valence-electron chi connectivity index (χ2n) is 2.89. The maximum atomic E-state index is 7.75. The molecular weight excluding hydrogens is 412 g/mol. The normalized spacial score (nSPS) is 5.82. The van der Waals surface area contributed by atoms with E-state index in [1.165, 1.54) is 0 Å². The first-order chi connectivity index (χ1) is 9.50. The van der Waals surface area contributed by atoms with Crippen LogP contribution in [0.5, 0.6) is 0 Å². The van der Waals surface area contributed by atoms with Gasteiger partial charge in [0.15, 0.2) is 0 Å². The van der Waals surface area contributed by atoms with Crippen molar-refractivity contribution >= 4 is 13.6 Å². The Morgan fingerprint density at radius 2 is 0.545 bits per heavy atom. The molecule has 0 fully saturated rings. The molecule has 0 radical (unpaired) electrons. The molecule has 5 heteroatoms. The fraction of sp³-hybridized carbons (Fsp3) is 0. The summed E-state index contributed by atoms with van der Waals surface area (Å²) in [6.45, 7) is 6.50. The maximum absolute atomic E-state index is 7.75. The van der Waals surface area contributed by atoms with Crippen molar-refractivity contribution in [2.45, 2.75) is 0 Å². The molecule has 0 amide bonds. The average molecular weight is 429 g/mol. The SMILES string of the molecule is [CH-]=O.[CH-]=O.[Ni].[Ni].[Ni].c1cc[cH-]c1.c1cc[cH-]c1.c1cc[cH-]c1. The number of hydrogen-bond donors (Lipinski definition) is 0. The fourth-order valence-electron chi connectivity index (χ4n) is 0.962. The molecule has 0 saturated carbocycles. The van der Waals surface area contributed by atoms with E-state index in [1.807, 2.05) is 91.0 Å². The number of carbonyl (C=O) groups excluding carboxylic acids is 2. The minimum Gasteiger partial charge on any atom is -0.545 e. The van der Waals surface area contributed by atoms with Crippen LogP contribution in [-0.4, -0.2) is 13.6 Å². The Kier molecular flexibility index (Phi) is 54.7. The summed E-state index contributed by atoms with van der Waals surface area (Å²) in [5.74, 6) is 0. The predicted octanol–water partition coefficient (Wildman–Crippen LogP) is 3.66. The summed E-state index contributed by atoms with van der Waals surface area (Å²) in [6, 6.07) is 30.0. The van der Waals surface area contributed by atoms with Crippen LogP contribution in [0.15, 0.2) is 91.0 Å². The van der Waals surface area contributed by atoms with Crippen molar-refractivity contribution in [2.24, 2.45) is 0 Å². The second-order valence-corrected chi connectivity index (χ2v) is 2.89. The molecule has 0 aromatic heterocycles. The molecule has 0 aliphatic heterocycles. The third kappa shape index (κ3) is 31.3. The molecule has 0 N–H and O–H groups in total. The maximum Gasteiger partial charge on any atom is 0 e. The Labute approximate surface area is 163 Å². The van der Waals surface area contributed by atoms with Gasteiger partial charge in [-0.3, -0.25) is 13.6 Å². The van der Waals surface area contributed by atoms with Crippen LogP contribution in [-0.2, 0) is 59.1 Å². The molecular formula is C17H17Ni3O2-5. The van der Waals surface area contributed by atoms with Gasteiger partial charge in [0.05, 0.1) is 0 Å². The zero-order valence-electron chi connectivity index (χ0n) is 11.6. The van der Waals surface area contributed by atoms with E-state index in [0.29, 0.717) is 0 Å². The average Bonchev–Trinajstić information content (AvgIpc) is 3.31. The number of hydrogen-bond acceptors (Lipinski definition) is 2. The Balaban J connectivity index is -0.0000000557. The third-order valence-corrected chi connectivity index (χ3v) is 1.67. The summed E-state index contributed by atoms with van der Waals surface area (Å²) in [4.78, 5) is 15.5. The first-order valence-corrected chi connectivity index (χ1v) is 5.47. The van der Waals surface area contributed by atoms with Gasteiger partial charge in [0.25, 0.3) is 0 Å². The van der Waals surface area contributed by atoms with Crippen LogP contribution in [0.3, 0.4) is 0 Å². The largest absolute Gasteiger partial charge is 0.545 e. The van der Waals surface area contributed by atoms with E-state index in [9.17, 15) is 0 Å². The van der Waals surface area contributed by atoms with Crippen molar-refractivity contribution in [1.29, 1.82) is 0 Å². The van der Waals surface area contributed by atoms with Crippen molar-refractivity contribution in [1.82, 2.24) is 0 Å². The quantitative estimate of drug-likeness (QED) is 0.311. The van der Waals surface area contributed by atoms with Gasteiger partial charge in [0.1, 0.15) is 0 Å². The zero-order chi connectivity index (χ0) is 14.6. The molecule has 0 aliphatic rings. The summed E-state index contributed by atoms with van der Waals surface area (Å²) in [6.07, 6.45) is 0. The molecule has 0 heterocycles. The smallest absolute Gasteiger partial charge is 0 e.